The Balaban J connectivity index is 1.72. The van der Waals surface area contributed by atoms with Gasteiger partial charge in [0, 0.05) is 40.7 Å². The maximum Gasteiger partial charge on any atom is 0.195 e. The van der Waals surface area contributed by atoms with Gasteiger partial charge in [0.1, 0.15) is 5.75 Å². The van der Waals surface area contributed by atoms with E-state index in [0.29, 0.717) is 43.0 Å². The fourth-order valence-corrected chi connectivity index (χ4v) is 4.58. The Morgan fingerprint density at radius 2 is 1.97 bits per heavy atom. The van der Waals surface area contributed by atoms with Crippen LogP contribution in [0.2, 0.25) is 0 Å². The molecule has 2 aliphatic rings. The van der Waals surface area contributed by atoms with Gasteiger partial charge in [0.05, 0.1) is 36.1 Å². The largest absolute Gasteiger partial charge is 0.506 e. The number of H-pyrrole nitrogens is 1. The molecule has 0 bridgehead atoms. The number of fused-ring (bicyclic) bond motifs is 4. The summed E-state index contributed by atoms with van der Waals surface area (Å²) in [5.74, 6) is 0.0129. The molecule has 5 rings (SSSR count). The minimum atomic E-state index is -0.459. The van der Waals surface area contributed by atoms with Gasteiger partial charge in [-0.15, -0.1) is 0 Å². The lowest BCUT2D eigenvalue weighted by atomic mass is 9.71. The summed E-state index contributed by atoms with van der Waals surface area (Å²) in [6.07, 6.45) is 0. The van der Waals surface area contributed by atoms with Crippen molar-refractivity contribution >= 4 is 22.4 Å². The van der Waals surface area contributed by atoms with E-state index in [4.69, 9.17) is 4.74 Å². The molecular weight excluding hydrogens is 366 g/mol. The number of phenolic OH excluding ortho intramolecular Hbond substituents is 1. The molecule has 1 fully saturated rings. The summed E-state index contributed by atoms with van der Waals surface area (Å²) in [7, 11) is 0. The molecule has 146 valence electrons. The predicted octanol–water partition coefficient (Wildman–Crippen LogP) is 3.45. The average Bonchev–Trinajstić information content (AvgIpc) is 3.12. The number of ketones is 1. The third-order valence-electron chi connectivity index (χ3n) is 6.16. The summed E-state index contributed by atoms with van der Waals surface area (Å²) in [5, 5.41) is 20.7. The number of hydrogen-bond donors (Lipinski definition) is 2. The molecule has 2 aromatic carbocycles. The van der Waals surface area contributed by atoms with Crippen LogP contribution in [-0.2, 0) is 10.2 Å². The molecule has 3 aromatic rings. The van der Waals surface area contributed by atoms with E-state index in [9.17, 15) is 15.2 Å². The van der Waals surface area contributed by atoms with Crippen molar-refractivity contribution in [1.29, 1.82) is 5.26 Å². The first-order valence-corrected chi connectivity index (χ1v) is 9.73. The van der Waals surface area contributed by atoms with Crippen molar-refractivity contribution in [3.8, 4) is 11.8 Å². The topological polar surface area (TPSA) is 89.3 Å². The van der Waals surface area contributed by atoms with E-state index in [1.165, 1.54) is 0 Å². The number of anilines is 1. The number of morpholine rings is 1. The molecule has 6 heteroatoms. The highest BCUT2D eigenvalue weighted by molar-refractivity contribution is 6.20. The number of aromatic hydroxyl groups is 1. The predicted molar refractivity (Wildman–Crippen MR) is 110 cm³/mol. The highest BCUT2D eigenvalue weighted by Gasteiger charge is 2.40. The van der Waals surface area contributed by atoms with Crippen LogP contribution < -0.4 is 4.90 Å². The third kappa shape index (κ3) is 2.48. The van der Waals surface area contributed by atoms with Gasteiger partial charge in [0.25, 0.3) is 0 Å². The molecule has 0 saturated carbocycles. The first kappa shape index (κ1) is 17.8. The molecule has 0 amide bonds. The van der Waals surface area contributed by atoms with Crippen molar-refractivity contribution in [2.24, 2.45) is 0 Å². The summed E-state index contributed by atoms with van der Waals surface area (Å²) in [6, 6.07) is 11.0. The Hall–Kier alpha value is -3.30. The zero-order chi connectivity index (χ0) is 20.3. The second-order valence-electron chi connectivity index (χ2n) is 8.19. The lowest BCUT2D eigenvalue weighted by molar-refractivity contribution is 0.103. The summed E-state index contributed by atoms with van der Waals surface area (Å²) < 4.78 is 5.43. The van der Waals surface area contributed by atoms with Gasteiger partial charge in [-0.25, -0.2) is 0 Å². The van der Waals surface area contributed by atoms with E-state index in [0.717, 1.165) is 27.8 Å². The van der Waals surface area contributed by atoms with Crippen LogP contribution >= 0.6 is 0 Å². The van der Waals surface area contributed by atoms with Crippen LogP contribution in [0.25, 0.3) is 10.9 Å². The van der Waals surface area contributed by atoms with Crippen LogP contribution in [0, 0.1) is 11.3 Å². The Labute approximate surface area is 168 Å². The zero-order valence-electron chi connectivity index (χ0n) is 16.4. The monoisotopic (exact) mass is 387 g/mol. The maximum atomic E-state index is 13.4. The van der Waals surface area contributed by atoms with E-state index in [2.05, 4.69) is 29.8 Å². The van der Waals surface area contributed by atoms with Crippen LogP contribution in [0.4, 0.5) is 5.69 Å². The van der Waals surface area contributed by atoms with E-state index in [-0.39, 0.29) is 11.5 Å². The van der Waals surface area contributed by atoms with Crippen molar-refractivity contribution in [1.82, 2.24) is 4.98 Å². The second-order valence-corrected chi connectivity index (χ2v) is 8.19. The lowest BCUT2D eigenvalue weighted by Gasteiger charge is -2.35. The number of aromatic nitrogens is 1. The van der Waals surface area contributed by atoms with Crippen molar-refractivity contribution in [3.05, 3.63) is 58.3 Å². The second kappa shape index (κ2) is 6.10. The zero-order valence-corrected chi connectivity index (χ0v) is 16.4. The molecule has 1 aromatic heterocycles. The van der Waals surface area contributed by atoms with Gasteiger partial charge < -0.3 is 19.7 Å². The molecule has 1 aliphatic carbocycles. The standard InChI is InChI=1S/C23H21N3O3/c1-23(2)16-11-18(26-5-7-29-8-6-26)19(27)10-15(16)21(28)20-14-4-3-13(12-24)9-17(14)25-22(20)23/h3-4,9-11,25,27H,5-8H2,1-2H3. The first-order chi connectivity index (χ1) is 13.9. The van der Waals surface area contributed by atoms with Crippen LogP contribution in [0.3, 0.4) is 0 Å². The van der Waals surface area contributed by atoms with Crippen LogP contribution in [0.15, 0.2) is 30.3 Å². The minimum absolute atomic E-state index is 0.103. The van der Waals surface area contributed by atoms with Crippen molar-refractivity contribution in [3.63, 3.8) is 0 Å². The number of rotatable bonds is 1. The van der Waals surface area contributed by atoms with Crippen LogP contribution in [0.5, 0.6) is 5.75 Å². The van der Waals surface area contributed by atoms with E-state index in [1.54, 1.807) is 18.2 Å². The summed E-state index contributed by atoms with van der Waals surface area (Å²) in [5.41, 5.74) is 4.49. The van der Waals surface area contributed by atoms with Crippen molar-refractivity contribution < 1.29 is 14.6 Å². The highest BCUT2D eigenvalue weighted by Crippen LogP contribution is 2.46. The minimum Gasteiger partial charge on any atom is -0.506 e. The molecule has 2 heterocycles. The van der Waals surface area contributed by atoms with Crippen LogP contribution in [-0.4, -0.2) is 42.2 Å². The van der Waals surface area contributed by atoms with Gasteiger partial charge in [-0.3, -0.25) is 4.79 Å². The highest BCUT2D eigenvalue weighted by atomic mass is 16.5. The molecule has 1 aliphatic heterocycles. The number of nitrogens with zero attached hydrogens (tertiary/aromatic N) is 2. The van der Waals surface area contributed by atoms with Gasteiger partial charge >= 0.3 is 0 Å². The van der Waals surface area contributed by atoms with Gasteiger partial charge in [0.15, 0.2) is 5.78 Å². The smallest absolute Gasteiger partial charge is 0.195 e. The van der Waals surface area contributed by atoms with Crippen molar-refractivity contribution in [2.45, 2.75) is 19.3 Å². The number of hydrogen-bond acceptors (Lipinski definition) is 5. The Bertz CT molecular complexity index is 1210. The number of ether oxygens (including phenoxy) is 1. The average molecular weight is 387 g/mol. The summed E-state index contributed by atoms with van der Waals surface area (Å²) in [4.78, 5) is 18.9. The lowest BCUT2D eigenvalue weighted by Crippen LogP contribution is -2.37. The molecular formula is C23H21N3O3. The number of carbonyl (C=O) groups is 1. The van der Waals surface area contributed by atoms with Crippen molar-refractivity contribution in [2.75, 3.05) is 31.2 Å². The number of carbonyl (C=O) groups excluding carboxylic acids is 1. The van der Waals surface area contributed by atoms with E-state index in [1.807, 2.05) is 12.1 Å². The summed E-state index contributed by atoms with van der Waals surface area (Å²) >= 11 is 0. The van der Waals surface area contributed by atoms with Crippen LogP contribution in [0.1, 0.15) is 46.6 Å². The fourth-order valence-electron chi connectivity index (χ4n) is 4.58. The van der Waals surface area contributed by atoms with Gasteiger partial charge in [-0.2, -0.15) is 5.26 Å². The first-order valence-electron chi connectivity index (χ1n) is 9.73. The molecule has 2 N–H and O–H groups in total. The Morgan fingerprint density at radius 1 is 1.21 bits per heavy atom. The molecule has 1 saturated heterocycles. The number of aromatic amines is 1. The molecule has 0 atom stereocenters. The molecule has 29 heavy (non-hydrogen) atoms. The SMILES string of the molecule is CC1(C)c2cc(N3CCOCC3)c(O)cc2C(=O)c2c1[nH]c1cc(C#N)ccc21. The number of phenols is 1. The summed E-state index contributed by atoms with van der Waals surface area (Å²) in [6.45, 7) is 6.80. The fraction of sp³-hybridized carbons (Fsp3) is 0.304. The Kier molecular flexibility index (Phi) is 3.74. The Morgan fingerprint density at radius 3 is 2.69 bits per heavy atom. The van der Waals surface area contributed by atoms with Gasteiger partial charge in [-0.1, -0.05) is 19.9 Å². The normalized spacial score (nSPS) is 17.7. The molecule has 0 unspecified atom stereocenters. The van der Waals surface area contributed by atoms with E-state index < -0.39 is 5.41 Å². The molecule has 0 spiro atoms. The number of benzene rings is 2. The third-order valence-corrected chi connectivity index (χ3v) is 6.16. The molecule has 0 radical (unpaired) electrons. The quantitative estimate of drug-likeness (QED) is 0.668. The van der Waals surface area contributed by atoms with Gasteiger partial charge in [0.2, 0.25) is 0 Å². The van der Waals surface area contributed by atoms with E-state index >= 15 is 0 Å². The molecule has 6 nitrogen and oxygen atoms in total. The maximum absolute atomic E-state index is 13.4. The van der Waals surface area contributed by atoms with Gasteiger partial charge in [-0.05, 0) is 29.8 Å². The number of nitrogens with one attached hydrogen (secondary N) is 1. The number of nitriles is 1.